The largest absolute Gasteiger partial charge is 0.478 e. The van der Waals surface area contributed by atoms with Gasteiger partial charge in [0.2, 0.25) is 0 Å². The van der Waals surface area contributed by atoms with Gasteiger partial charge in [0.25, 0.3) is 0 Å². The Hall–Kier alpha value is -3.10. The molecule has 0 radical (unpaired) electrons. The van der Waals surface area contributed by atoms with Crippen LogP contribution in [0, 0.1) is 0 Å². The van der Waals surface area contributed by atoms with E-state index in [1.165, 1.54) is 12.1 Å². The van der Waals surface area contributed by atoms with Gasteiger partial charge in [-0.25, -0.2) is 9.59 Å². The highest BCUT2D eigenvalue weighted by atomic mass is 32.2. The Balaban J connectivity index is 0.000000402. The summed E-state index contributed by atoms with van der Waals surface area (Å²) < 4.78 is 98.5. The van der Waals surface area contributed by atoms with E-state index in [9.17, 15) is 28.2 Å². The molecule has 0 aliphatic heterocycles. The number of carboxylic acid groups (broad SMARTS) is 2. The standard InChI is InChI=1S/C20H14O4.2C2H6OS/c21-19(22)17-12-16(14-9-5-2-6-10-14)18(20(23)24)11-15(17)13-7-3-1-4-8-13;2*1-4(2)3/h1-12H,(H,21,22)(H,23,24);2*1-2H3/i;2*1D3,2D3. The van der Waals surface area contributed by atoms with E-state index >= 15 is 0 Å². The van der Waals surface area contributed by atoms with Crippen LogP contribution < -0.4 is 0 Å². The quantitative estimate of drug-likeness (QED) is 0.566. The summed E-state index contributed by atoms with van der Waals surface area (Å²) in [6.07, 6.45) is -11.6. The summed E-state index contributed by atoms with van der Waals surface area (Å²) in [6, 6.07) is 20.7. The van der Waals surface area contributed by atoms with Crippen molar-refractivity contribution in [1.82, 2.24) is 0 Å². The molecule has 0 aromatic heterocycles. The molecule has 32 heavy (non-hydrogen) atoms. The van der Waals surface area contributed by atoms with Crippen molar-refractivity contribution < 1.29 is 44.7 Å². The number of rotatable bonds is 4. The van der Waals surface area contributed by atoms with E-state index < -0.39 is 58.3 Å². The number of carboxylic acids is 2. The van der Waals surface area contributed by atoms with E-state index in [2.05, 4.69) is 0 Å². The zero-order valence-corrected chi connectivity index (χ0v) is 17.9. The predicted octanol–water partition coefficient (Wildman–Crippen LogP) is 4.41. The summed E-state index contributed by atoms with van der Waals surface area (Å²) in [5.74, 6) is -2.19. The van der Waals surface area contributed by atoms with E-state index in [4.69, 9.17) is 16.4 Å². The van der Waals surface area contributed by atoms with Gasteiger partial charge in [0.05, 0.1) is 11.1 Å². The molecule has 0 heterocycles. The summed E-state index contributed by atoms with van der Waals surface area (Å²) >= 11 is 0. The van der Waals surface area contributed by atoms with Crippen molar-refractivity contribution in [2.45, 2.75) is 0 Å². The van der Waals surface area contributed by atoms with Crippen LogP contribution in [-0.2, 0) is 21.6 Å². The van der Waals surface area contributed by atoms with Gasteiger partial charge in [0, 0.05) is 62.8 Å². The molecule has 6 nitrogen and oxygen atoms in total. The molecule has 0 aliphatic carbocycles. The lowest BCUT2D eigenvalue weighted by Gasteiger charge is -2.13. The molecule has 3 aromatic rings. The average molecular weight is 487 g/mol. The van der Waals surface area contributed by atoms with Crippen molar-refractivity contribution in [1.29, 1.82) is 0 Å². The van der Waals surface area contributed by atoms with Gasteiger partial charge in [-0.1, -0.05) is 60.7 Å². The van der Waals surface area contributed by atoms with Crippen LogP contribution in [0.4, 0.5) is 0 Å². The zero-order chi connectivity index (χ0) is 34.3. The topological polar surface area (TPSA) is 109 Å². The molecule has 0 saturated heterocycles. The second kappa shape index (κ2) is 13.3. The Bertz CT molecular complexity index is 1340. The molecule has 2 N–H and O–H groups in total. The fraction of sp³-hybridized carbons (Fsp3) is 0.167. The molecule has 3 aromatic carbocycles. The maximum Gasteiger partial charge on any atom is 0.336 e. The van der Waals surface area contributed by atoms with Gasteiger partial charge in [-0.15, -0.1) is 0 Å². The van der Waals surface area contributed by atoms with Gasteiger partial charge >= 0.3 is 11.9 Å². The second-order valence-corrected chi connectivity index (χ2v) is 6.90. The van der Waals surface area contributed by atoms with Crippen LogP contribution >= 0.6 is 0 Å². The molecule has 0 aliphatic rings. The molecule has 170 valence electrons. The molecule has 0 fully saturated rings. The first-order valence-corrected chi connectivity index (χ1v) is 10.8. The first kappa shape index (κ1) is 13.4. The minimum absolute atomic E-state index is 0.0741. The fourth-order valence-electron chi connectivity index (χ4n) is 2.67. The van der Waals surface area contributed by atoms with Gasteiger partial charge in [-0.05, 0) is 34.4 Å². The van der Waals surface area contributed by atoms with Gasteiger partial charge in [-0.2, -0.15) is 0 Å². The van der Waals surface area contributed by atoms with E-state index in [0.717, 1.165) is 0 Å². The first-order valence-electron chi connectivity index (χ1n) is 14.5. The predicted molar refractivity (Wildman–Crippen MR) is 131 cm³/mol. The van der Waals surface area contributed by atoms with Crippen molar-refractivity contribution in [3.05, 3.63) is 83.9 Å². The van der Waals surface area contributed by atoms with Gasteiger partial charge < -0.3 is 10.2 Å². The second-order valence-electron chi connectivity index (χ2n) is 5.82. The van der Waals surface area contributed by atoms with Crippen LogP contribution in [0.1, 0.15) is 37.2 Å². The summed E-state index contributed by atoms with van der Waals surface area (Å²) in [6.45, 7) is 0. The first-order chi connectivity index (χ1) is 19.9. The Labute approximate surface area is 209 Å². The van der Waals surface area contributed by atoms with E-state index in [0.29, 0.717) is 22.3 Å². The van der Waals surface area contributed by atoms with Gasteiger partial charge in [0.1, 0.15) is 0 Å². The molecule has 8 heteroatoms. The van der Waals surface area contributed by atoms with E-state index in [1.54, 1.807) is 48.5 Å². The molecule has 0 unspecified atom stereocenters. The van der Waals surface area contributed by atoms with Crippen LogP contribution in [-0.4, -0.2) is 55.3 Å². The minimum atomic E-state index is -2.90. The van der Waals surface area contributed by atoms with Crippen molar-refractivity contribution in [3.8, 4) is 22.3 Å². The molecule has 0 bridgehead atoms. The highest BCUT2D eigenvalue weighted by molar-refractivity contribution is 7.83. The summed E-state index contributed by atoms with van der Waals surface area (Å²) in [4.78, 5) is 23.4. The summed E-state index contributed by atoms with van der Waals surface area (Å²) in [7, 11) is -5.51. The Morgan fingerprint density at radius 3 is 1.19 bits per heavy atom. The Kier molecular flexibility index (Phi) is 5.61. The minimum Gasteiger partial charge on any atom is -0.478 e. The maximum absolute atomic E-state index is 11.7. The monoisotopic (exact) mass is 486 g/mol. The smallest absolute Gasteiger partial charge is 0.336 e. The number of aromatic carboxylic acids is 2. The van der Waals surface area contributed by atoms with Crippen molar-refractivity contribution in [2.24, 2.45) is 0 Å². The van der Waals surface area contributed by atoms with Crippen LogP contribution in [0.3, 0.4) is 0 Å². The molecular weight excluding hydrogens is 448 g/mol. The lowest BCUT2D eigenvalue weighted by molar-refractivity contribution is 0.0682. The lowest BCUT2D eigenvalue weighted by atomic mass is 9.90. The number of carbonyl (C=O) groups is 2. The fourth-order valence-corrected chi connectivity index (χ4v) is 2.67. The summed E-state index contributed by atoms with van der Waals surface area (Å²) in [5, 5.41) is 19.2. The van der Waals surface area contributed by atoms with Crippen LogP contribution in [0.15, 0.2) is 72.8 Å². The third-order valence-corrected chi connectivity index (χ3v) is 3.79. The Morgan fingerprint density at radius 2 is 0.969 bits per heavy atom. The number of hydrogen-bond acceptors (Lipinski definition) is 4. The van der Waals surface area contributed by atoms with Crippen molar-refractivity contribution in [3.63, 3.8) is 0 Å². The molecule has 0 atom stereocenters. The molecule has 3 rings (SSSR count). The zero-order valence-electron chi connectivity index (χ0n) is 28.3. The maximum atomic E-state index is 11.7. The van der Waals surface area contributed by atoms with Gasteiger partial charge in [0.15, 0.2) is 0 Å². The number of benzene rings is 3. The summed E-state index contributed by atoms with van der Waals surface area (Å²) in [5.41, 5.74) is 2.25. The highest BCUT2D eigenvalue weighted by Gasteiger charge is 2.20. The van der Waals surface area contributed by atoms with Crippen molar-refractivity contribution >= 4 is 33.5 Å². The molecule has 0 spiro atoms. The molecular formula is C24H26O6S2. The molecule has 0 amide bonds. The third kappa shape index (κ3) is 8.95. The van der Waals surface area contributed by atoms with Crippen LogP contribution in [0.5, 0.6) is 0 Å². The van der Waals surface area contributed by atoms with Crippen LogP contribution in [0.2, 0.25) is 0 Å². The van der Waals surface area contributed by atoms with Gasteiger partial charge in [-0.3, -0.25) is 8.42 Å². The average Bonchev–Trinajstić information content (AvgIpc) is 2.91. The number of hydrogen-bond donors (Lipinski definition) is 2. The van der Waals surface area contributed by atoms with Crippen molar-refractivity contribution in [2.75, 3.05) is 24.7 Å². The van der Waals surface area contributed by atoms with E-state index in [1.807, 2.05) is 12.1 Å². The third-order valence-electron chi connectivity index (χ3n) is 3.79. The normalized spacial score (nSPS) is 17.1. The van der Waals surface area contributed by atoms with Crippen LogP contribution in [0.25, 0.3) is 22.3 Å². The lowest BCUT2D eigenvalue weighted by Crippen LogP contribution is -2.06. The highest BCUT2D eigenvalue weighted by Crippen LogP contribution is 2.32. The Morgan fingerprint density at radius 1 is 0.656 bits per heavy atom. The molecule has 0 saturated carbocycles. The van der Waals surface area contributed by atoms with E-state index in [-0.39, 0.29) is 11.1 Å². The SMILES string of the molecule is O=C(O)c1cc(-c2ccccc2)c(C(=O)O)cc1-c1ccccc1.[2H]C([2H])([2H])S(=O)C([2H])([2H])[2H].[2H]C([2H])([2H])S(=O)C([2H])([2H])[2H].